The molecule has 0 N–H and O–H groups in total. The van der Waals surface area contributed by atoms with E-state index in [0.717, 1.165) is 6.92 Å². The summed E-state index contributed by atoms with van der Waals surface area (Å²) in [5.41, 5.74) is -12.3. The van der Waals surface area contributed by atoms with Crippen molar-refractivity contribution in [1.82, 2.24) is 0 Å². The highest BCUT2D eigenvalue weighted by molar-refractivity contribution is 5.77. The standard InChI is InChI=1S/C22H29F12NO3/c1-11(2)10-16(5,12(3)4)15(36)38-18(21(29,30)31,22(32,33)34)14-8-6-13(7-9-14)17(35-37,19(23,24)25)20(26,27)28/h11-14H,6-10H2,1-5H3. The fraction of sp³-hybridized carbons (Fsp3) is 0.955. The van der Waals surface area contributed by atoms with Crippen molar-refractivity contribution in [2.75, 3.05) is 0 Å². The largest absolute Gasteiger partial charge is 0.439 e. The van der Waals surface area contributed by atoms with E-state index in [1.807, 2.05) is 0 Å². The lowest BCUT2D eigenvalue weighted by Crippen LogP contribution is -2.66. The highest BCUT2D eigenvalue weighted by Gasteiger charge is 2.80. The van der Waals surface area contributed by atoms with Gasteiger partial charge in [-0.2, -0.15) is 52.7 Å². The summed E-state index contributed by atoms with van der Waals surface area (Å²) in [5.74, 6) is -8.58. The Morgan fingerprint density at radius 1 is 0.737 bits per heavy atom. The Kier molecular flexibility index (Phi) is 9.61. The van der Waals surface area contributed by atoms with E-state index in [9.17, 15) is 62.4 Å². The van der Waals surface area contributed by atoms with E-state index in [-0.39, 0.29) is 12.3 Å². The van der Waals surface area contributed by atoms with Crippen LogP contribution in [-0.2, 0) is 9.53 Å². The van der Waals surface area contributed by atoms with Gasteiger partial charge < -0.3 is 4.74 Å². The molecule has 0 aromatic carbocycles. The zero-order valence-electron chi connectivity index (χ0n) is 21.1. The number of nitroso groups, excluding NO2 is 1. The molecule has 1 unspecified atom stereocenters. The van der Waals surface area contributed by atoms with E-state index in [1.54, 1.807) is 13.8 Å². The molecule has 0 saturated heterocycles. The third-order valence-corrected chi connectivity index (χ3v) is 7.57. The molecule has 4 nitrogen and oxygen atoms in total. The second-order valence-corrected chi connectivity index (χ2v) is 10.7. The lowest BCUT2D eigenvalue weighted by atomic mass is 9.66. The van der Waals surface area contributed by atoms with Crippen LogP contribution in [0.3, 0.4) is 0 Å². The maximum Gasteiger partial charge on any atom is 0.437 e. The van der Waals surface area contributed by atoms with Gasteiger partial charge in [-0.25, -0.2) is 0 Å². The van der Waals surface area contributed by atoms with Crippen LogP contribution in [0.25, 0.3) is 0 Å². The van der Waals surface area contributed by atoms with Gasteiger partial charge in [0.25, 0.3) is 5.54 Å². The Balaban J connectivity index is 3.61. The second kappa shape index (κ2) is 10.7. The first-order valence-electron chi connectivity index (χ1n) is 11.6. The van der Waals surface area contributed by atoms with E-state index < -0.39 is 90.7 Å². The first kappa shape index (κ1) is 34.3. The summed E-state index contributed by atoms with van der Waals surface area (Å²) in [5, 5.41) is 1.27. The van der Waals surface area contributed by atoms with Crippen molar-refractivity contribution in [3.63, 3.8) is 0 Å². The molecule has 0 amide bonds. The third kappa shape index (κ3) is 5.73. The van der Waals surface area contributed by atoms with Crippen LogP contribution >= 0.6 is 0 Å². The van der Waals surface area contributed by atoms with Crippen LogP contribution in [0.4, 0.5) is 52.7 Å². The Bertz CT molecular complexity index is 808. The lowest BCUT2D eigenvalue weighted by molar-refractivity contribution is -0.391. The third-order valence-electron chi connectivity index (χ3n) is 7.57. The molecule has 0 spiro atoms. The fourth-order valence-corrected chi connectivity index (χ4v) is 5.21. The van der Waals surface area contributed by atoms with Crippen LogP contribution < -0.4 is 0 Å². The lowest BCUT2D eigenvalue weighted by Gasteiger charge is -2.48. The van der Waals surface area contributed by atoms with Crippen LogP contribution in [0.2, 0.25) is 0 Å². The van der Waals surface area contributed by atoms with Crippen LogP contribution in [0.1, 0.15) is 66.7 Å². The number of ether oxygens (including phenoxy) is 1. The Morgan fingerprint density at radius 3 is 1.37 bits per heavy atom. The summed E-state index contributed by atoms with van der Waals surface area (Å²) < 4.78 is 170. The van der Waals surface area contributed by atoms with Gasteiger partial charge in [0.2, 0.25) is 0 Å². The molecule has 1 fully saturated rings. The van der Waals surface area contributed by atoms with E-state index >= 15 is 0 Å². The Hall–Kier alpha value is -1.77. The smallest absolute Gasteiger partial charge is 0.437 e. The molecule has 1 atom stereocenters. The zero-order chi connectivity index (χ0) is 30.3. The number of nitrogens with zero attached hydrogens (tertiary/aromatic N) is 1. The van der Waals surface area contributed by atoms with Crippen molar-refractivity contribution in [2.24, 2.45) is 34.3 Å². The van der Waals surface area contributed by atoms with Gasteiger partial charge in [0.15, 0.2) is 0 Å². The number of hydrogen-bond acceptors (Lipinski definition) is 4. The predicted octanol–water partition coefficient (Wildman–Crippen LogP) is 8.54. The molecular weight excluding hydrogens is 554 g/mol. The number of rotatable bonds is 8. The van der Waals surface area contributed by atoms with Crippen molar-refractivity contribution < 1.29 is 62.2 Å². The minimum absolute atomic E-state index is 0.174. The minimum atomic E-state index is -6.33. The first-order valence-corrected chi connectivity index (χ1v) is 11.6. The minimum Gasteiger partial charge on any atom is -0.439 e. The molecule has 1 aliphatic rings. The first-order chi connectivity index (χ1) is 16.8. The van der Waals surface area contributed by atoms with E-state index in [2.05, 4.69) is 4.74 Å². The van der Waals surface area contributed by atoms with Gasteiger partial charge in [0.1, 0.15) is 0 Å². The van der Waals surface area contributed by atoms with Gasteiger partial charge in [-0.3, -0.25) is 4.79 Å². The van der Waals surface area contributed by atoms with Crippen LogP contribution in [-0.4, -0.2) is 41.8 Å². The van der Waals surface area contributed by atoms with Crippen molar-refractivity contribution in [3.8, 4) is 0 Å². The molecule has 1 rings (SSSR count). The van der Waals surface area contributed by atoms with Crippen molar-refractivity contribution >= 4 is 5.97 Å². The van der Waals surface area contributed by atoms with Gasteiger partial charge in [-0.1, -0.05) is 27.7 Å². The Morgan fingerprint density at radius 2 is 1.11 bits per heavy atom. The summed E-state index contributed by atoms with van der Waals surface area (Å²) in [7, 11) is 0. The molecular formula is C22H29F12NO3. The second-order valence-electron chi connectivity index (χ2n) is 10.7. The molecule has 16 heteroatoms. The summed E-state index contributed by atoms with van der Waals surface area (Å²) in [6, 6.07) is 0. The molecule has 0 bridgehead atoms. The molecule has 0 aromatic heterocycles. The average Bonchev–Trinajstić information content (AvgIpc) is 2.68. The maximum absolute atomic E-state index is 14.2. The van der Waals surface area contributed by atoms with Crippen LogP contribution in [0.15, 0.2) is 5.18 Å². The summed E-state index contributed by atoms with van der Waals surface area (Å²) >= 11 is 0. The number of hydrogen-bond donors (Lipinski definition) is 0. The van der Waals surface area contributed by atoms with Gasteiger partial charge in [-0.15, -0.1) is 4.91 Å². The zero-order valence-corrected chi connectivity index (χ0v) is 21.1. The Labute approximate surface area is 210 Å². The van der Waals surface area contributed by atoms with Crippen molar-refractivity contribution in [2.45, 2.75) is 103 Å². The van der Waals surface area contributed by atoms with Gasteiger partial charge in [0, 0.05) is 11.8 Å². The van der Waals surface area contributed by atoms with Crippen LogP contribution in [0.5, 0.6) is 0 Å². The molecule has 224 valence electrons. The van der Waals surface area contributed by atoms with Crippen LogP contribution in [0, 0.1) is 34.0 Å². The van der Waals surface area contributed by atoms with E-state index in [1.165, 1.54) is 19.0 Å². The molecule has 1 saturated carbocycles. The quantitative estimate of drug-likeness (QED) is 0.164. The number of halogens is 12. The number of carbonyl (C=O) groups excluding carboxylic acids is 1. The summed E-state index contributed by atoms with van der Waals surface area (Å²) in [6.45, 7) is 6.98. The number of esters is 1. The molecule has 0 aromatic rings. The van der Waals surface area contributed by atoms with Gasteiger partial charge in [0.05, 0.1) is 5.41 Å². The monoisotopic (exact) mass is 583 g/mol. The summed E-state index contributed by atoms with van der Waals surface area (Å²) in [4.78, 5) is 23.9. The number of carbonyl (C=O) groups is 1. The average molecular weight is 583 g/mol. The highest BCUT2D eigenvalue weighted by Crippen LogP contribution is 2.59. The highest BCUT2D eigenvalue weighted by atomic mass is 19.4. The SMILES string of the molecule is CC(C)CC(C)(C(=O)OC(C1CCC(C(N=O)(C(F)(F)F)C(F)(F)F)CC1)(C(F)(F)F)C(F)(F)F)C(C)C. The van der Waals surface area contributed by atoms with E-state index in [4.69, 9.17) is 0 Å². The molecule has 0 heterocycles. The molecule has 38 heavy (non-hydrogen) atoms. The summed E-state index contributed by atoms with van der Waals surface area (Å²) in [6.07, 6.45) is -31.5. The van der Waals surface area contributed by atoms with Crippen molar-refractivity contribution in [1.29, 1.82) is 0 Å². The topological polar surface area (TPSA) is 55.7 Å². The number of alkyl halides is 12. The van der Waals surface area contributed by atoms with Crippen molar-refractivity contribution in [3.05, 3.63) is 4.91 Å². The molecule has 1 aliphatic carbocycles. The molecule has 0 radical (unpaired) electrons. The predicted molar refractivity (Wildman–Crippen MR) is 109 cm³/mol. The van der Waals surface area contributed by atoms with Gasteiger partial charge in [-0.05, 0) is 56.0 Å². The fourth-order valence-electron chi connectivity index (χ4n) is 5.21. The van der Waals surface area contributed by atoms with E-state index in [0.29, 0.717) is 0 Å². The van der Waals surface area contributed by atoms with Gasteiger partial charge >= 0.3 is 36.3 Å². The normalized spacial score (nSPS) is 22.4. The maximum atomic E-state index is 14.2. The molecule has 0 aliphatic heterocycles.